The first-order chi connectivity index (χ1) is 15.5. The molecule has 9 unspecified atom stereocenters. The number of ketones is 1. The molecule has 180 valence electrons. The number of allylic oxidation sites excluding steroid dienone is 1. The maximum atomic E-state index is 14.2. The molecule has 33 heavy (non-hydrogen) atoms. The summed E-state index contributed by atoms with van der Waals surface area (Å²) in [5, 5.41) is 4.17. The van der Waals surface area contributed by atoms with Gasteiger partial charge in [0.15, 0.2) is 0 Å². The van der Waals surface area contributed by atoms with E-state index in [4.69, 9.17) is 4.52 Å². The van der Waals surface area contributed by atoms with Gasteiger partial charge in [-0.2, -0.15) is 0 Å². The van der Waals surface area contributed by atoms with Crippen molar-refractivity contribution in [2.75, 3.05) is 0 Å². The van der Waals surface area contributed by atoms with Crippen molar-refractivity contribution in [1.29, 1.82) is 0 Å². The Morgan fingerprint density at radius 3 is 2.55 bits per heavy atom. The van der Waals surface area contributed by atoms with Gasteiger partial charge in [-0.1, -0.05) is 45.9 Å². The van der Waals surface area contributed by atoms with Gasteiger partial charge >= 0.3 is 0 Å². The summed E-state index contributed by atoms with van der Waals surface area (Å²) in [6.45, 7) is 16.6. The lowest BCUT2D eigenvalue weighted by atomic mass is 9.36. The van der Waals surface area contributed by atoms with Crippen molar-refractivity contribution in [1.82, 2.24) is 5.16 Å². The van der Waals surface area contributed by atoms with Crippen molar-refractivity contribution >= 4 is 5.78 Å². The molecule has 0 N–H and O–H groups in total. The SMILES string of the molecule is C=CC12CCC3C(C(=O)CC4C5(C)Cc6cnoc6C(C)C5CCC34C)C1CC(C)(C)CC2. The van der Waals surface area contributed by atoms with E-state index < -0.39 is 0 Å². The fraction of sp³-hybridized carbons (Fsp3) is 0.800. The van der Waals surface area contributed by atoms with E-state index in [0.717, 1.165) is 18.6 Å². The van der Waals surface area contributed by atoms with Crippen LogP contribution in [0, 0.1) is 51.2 Å². The Hall–Kier alpha value is -1.38. The lowest BCUT2D eigenvalue weighted by molar-refractivity contribution is -0.186. The predicted octanol–water partition coefficient (Wildman–Crippen LogP) is 7.37. The number of aromatic nitrogens is 1. The fourth-order valence-electron chi connectivity index (χ4n) is 10.6. The van der Waals surface area contributed by atoms with E-state index in [2.05, 4.69) is 52.4 Å². The summed E-state index contributed by atoms with van der Waals surface area (Å²) in [6, 6.07) is 0. The second-order valence-electron chi connectivity index (χ2n) is 14.1. The molecule has 0 aromatic carbocycles. The van der Waals surface area contributed by atoms with Crippen LogP contribution >= 0.6 is 0 Å². The van der Waals surface area contributed by atoms with Crippen molar-refractivity contribution in [3.05, 3.63) is 30.2 Å². The molecule has 0 spiro atoms. The Bertz CT molecular complexity index is 991. The molecule has 5 aliphatic rings. The number of nitrogens with zero attached hydrogens (tertiary/aromatic N) is 1. The zero-order valence-corrected chi connectivity index (χ0v) is 21.5. The maximum Gasteiger partial charge on any atom is 0.143 e. The Labute approximate surface area is 200 Å². The predicted molar refractivity (Wildman–Crippen MR) is 131 cm³/mol. The first-order valence-electron chi connectivity index (χ1n) is 13.6. The van der Waals surface area contributed by atoms with E-state index in [-0.39, 0.29) is 22.2 Å². The van der Waals surface area contributed by atoms with Crippen molar-refractivity contribution in [3.63, 3.8) is 0 Å². The van der Waals surface area contributed by atoms with Gasteiger partial charge in [-0.05, 0) is 96.7 Å². The van der Waals surface area contributed by atoms with Crippen LogP contribution in [0.2, 0.25) is 0 Å². The third-order valence-electron chi connectivity index (χ3n) is 12.3. The summed E-state index contributed by atoms with van der Waals surface area (Å²) in [4.78, 5) is 14.2. The molecular weight excluding hydrogens is 406 g/mol. The quantitative estimate of drug-likeness (QED) is 0.420. The number of carbonyl (C=O) groups is 1. The highest BCUT2D eigenvalue weighted by Crippen LogP contribution is 2.71. The van der Waals surface area contributed by atoms with E-state index in [1.165, 1.54) is 50.5 Å². The summed E-state index contributed by atoms with van der Waals surface area (Å²) in [5.74, 6) is 4.42. The maximum absolute atomic E-state index is 14.2. The lowest BCUT2D eigenvalue weighted by Gasteiger charge is -2.67. The van der Waals surface area contributed by atoms with Crippen LogP contribution in [0.15, 0.2) is 23.4 Å². The molecule has 4 saturated carbocycles. The highest BCUT2D eigenvalue weighted by atomic mass is 16.5. The molecular formula is C30H43NO2. The molecule has 1 aromatic rings. The smallest absolute Gasteiger partial charge is 0.143 e. The molecule has 1 heterocycles. The zero-order chi connectivity index (χ0) is 23.4. The largest absolute Gasteiger partial charge is 0.361 e. The molecule has 9 atom stereocenters. The van der Waals surface area contributed by atoms with Gasteiger partial charge in [0.2, 0.25) is 0 Å². The molecule has 0 amide bonds. The molecule has 4 fully saturated rings. The monoisotopic (exact) mass is 449 g/mol. The number of carbonyl (C=O) groups excluding carboxylic acids is 1. The van der Waals surface area contributed by atoms with Gasteiger partial charge in [0, 0.05) is 23.8 Å². The number of hydrogen-bond donors (Lipinski definition) is 0. The van der Waals surface area contributed by atoms with Crippen molar-refractivity contribution in [2.24, 2.45) is 51.2 Å². The van der Waals surface area contributed by atoms with Gasteiger partial charge in [-0.3, -0.25) is 4.79 Å². The Kier molecular flexibility index (Phi) is 4.59. The van der Waals surface area contributed by atoms with Crippen LogP contribution in [0.3, 0.4) is 0 Å². The number of rotatable bonds is 1. The normalized spacial score (nSPS) is 50.3. The molecule has 0 bridgehead atoms. The average Bonchev–Trinajstić information content (AvgIpc) is 3.22. The second-order valence-corrected chi connectivity index (χ2v) is 14.1. The lowest BCUT2D eigenvalue weighted by Crippen LogP contribution is -2.63. The Morgan fingerprint density at radius 2 is 1.79 bits per heavy atom. The highest BCUT2D eigenvalue weighted by Gasteiger charge is 2.66. The van der Waals surface area contributed by atoms with E-state index in [1.54, 1.807) is 0 Å². The van der Waals surface area contributed by atoms with E-state index in [1.807, 2.05) is 6.20 Å². The van der Waals surface area contributed by atoms with Crippen LogP contribution < -0.4 is 0 Å². The minimum atomic E-state index is 0.157. The number of Topliss-reactive ketones (excluding diaryl/α,β-unsaturated/α-hetero) is 1. The molecule has 3 nitrogen and oxygen atoms in total. The van der Waals surface area contributed by atoms with Crippen molar-refractivity contribution in [3.8, 4) is 0 Å². The molecule has 0 saturated heterocycles. The van der Waals surface area contributed by atoms with Gasteiger partial charge in [-0.25, -0.2) is 0 Å². The van der Waals surface area contributed by atoms with Gasteiger partial charge in [0.05, 0.1) is 6.20 Å². The Balaban J connectivity index is 1.40. The summed E-state index contributed by atoms with van der Waals surface area (Å²) in [5.41, 5.74) is 2.23. The van der Waals surface area contributed by atoms with Crippen molar-refractivity contribution in [2.45, 2.75) is 98.3 Å². The van der Waals surface area contributed by atoms with Gasteiger partial charge in [0.25, 0.3) is 0 Å². The topological polar surface area (TPSA) is 43.1 Å². The summed E-state index contributed by atoms with van der Waals surface area (Å²) in [6.07, 6.45) is 14.7. The third-order valence-corrected chi connectivity index (χ3v) is 12.3. The van der Waals surface area contributed by atoms with E-state index >= 15 is 0 Å². The first-order valence-corrected chi connectivity index (χ1v) is 13.6. The van der Waals surface area contributed by atoms with Crippen molar-refractivity contribution < 1.29 is 9.32 Å². The van der Waals surface area contributed by atoms with Gasteiger partial charge < -0.3 is 4.52 Å². The zero-order valence-electron chi connectivity index (χ0n) is 21.5. The number of hydrogen-bond acceptors (Lipinski definition) is 3. The van der Waals surface area contributed by atoms with Crippen LogP contribution in [0.4, 0.5) is 0 Å². The minimum absolute atomic E-state index is 0.157. The molecule has 0 radical (unpaired) electrons. The van der Waals surface area contributed by atoms with E-state index in [9.17, 15) is 4.79 Å². The van der Waals surface area contributed by atoms with Crippen LogP contribution in [0.5, 0.6) is 0 Å². The van der Waals surface area contributed by atoms with E-state index in [0.29, 0.717) is 40.8 Å². The van der Waals surface area contributed by atoms with Gasteiger partial charge in [-0.15, -0.1) is 6.58 Å². The van der Waals surface area contributed by atoms with Gasteiger partial charge in [0.1, 0.15) is 11.5 Å². The summed E-state index contributed by atoms with van der Waals surface area (Å²) in [7, 11) is 0. The minimum Gasteiger partial charge on any atom is -0.361 e. The molecule has 5 aliphatic carbocycles. The van der Waals surface area contributed by atoms with Crippen LogP contribution in [-0.2, 0) is 11.2 Å². The standard InChI is InChI=1S/C30H43NO2/c1-7-30-11-9-21-25(22(30)16-27(3,4)12-13-30)23(32)14-24-28(21,5)10-8-20-18(2)26-19(17-31-33-26)15-29(20,24)6/h7,17-18,20-22,24-25H,1,8-16H2,2-6H3. The third kappa shape index (κ3) is 2.80. The molecule has 1 aromatic heterocycles. The molecule has 0 aliphatic heterocycles. The van der Waals surface area contributed by atoms with Crippen LogP contribution in [-0.4, -0.2) is 10.9 Å². The van der Waals surface area contributed by atoms with Crippen LogP contribution in [0.25, 0.3) is 0 Å². The average molecular weight is 450 g/mol. The second kappa shape index (κ2) is 6.85. The molecule has 3 heteroatoms. The summed E-state index contributed by atoms with van der Waals surface area (Å²) >= 11 is 0. The first kappa shape index (κ1) is 22.1. The number of fused-ring (bicyclic) bond motifs is 8. The highest BCUT2D eigenvalue weighted by molar-refractivity contribution is 5.83. The van der Waals surface area contributed by atoms with Crippen LogP contribution in [0.1, 0.15) is 103 Å². The Morgan fingerprint density at radius 1 is 1.03 bits per heavy atom. The molecule has 6 rings (SSSR count). The summed E-state index contributed by atoms with van der Waals surface area (Å²) < 4.78 is 5.71. The fourth-order valence-corrected chi connectivity index (χ4v) is 10.6.